The van der Waals surface area contributed by atoms with Crippen LogP contribution in [-0.2, 0) is 9.47 Å². The van der Waals surface area contributed by atoms with E-state index in [4.69, 9.17) is 9.47 Å². The molecule has 10 nitrogen and oxygen atoms in total. The minimum absolute atomic E-state index is 0.325. The number of benzene rings is 1. The summed E-state index contributed by atoms with van der Waals surface area (Å²) in [6, 6.07) is 8.22. The molecule has 25 heavy (non-hydrogen) atoms. The lowest BCUT2D eigenvalue weighted by Gasteiger charge is -2.15. The first-order valence-corrected chi connectivity index (χ1v) is 7.39. The molecule has 1 aliphatic rings. The van der Waals surface area contributed by atoms with Crippen LogP contribution < -0.4 is 11.2 Å². The van der Waals surface area contributed by atoms with Crippen LogP contribution in [0.25, 0.3) is 0 Å². The molecule has 0 amide bonds. The predicted molar refractivity (Wildman–Crippen MR) is 81.8 cm³/mol. The van der Waals surface area contributed by atoms with Gasteiger partial charge in [0, 0.05) is 0 Å². The van der Waals surface area contributed by atoms with Crippen molar-refractivity contribution in [1.29, 1.82) is 0 Å². The lowest BCUT2D eigenvalue weighted by Crippen LogP contribution is -2.39. The Kier molecular flexibility index (Phi) is 4.74. The zero-order valence-corrected chi connectivity index (χ0v) is 12.8. The highest BCUT2D eigenvalue weighted by Gasteiger charge is 2.45. The van der Waals surface area contributed by atoms with Gasteiger partial charge in [0.1, 0.15) is 31.1 Å². The van der Waals surface area contributed by atoms with Gasteiger partial charge in [-0.2, -0.15) is 9.78 Å². The van der Waals surface area contributed by atoms with Gasteiger partial charge in [-0.1, -0.05) is 18.2 Å². The molecular weight excluding hydrogens is 334 g/mol. The molecule has 4 atom stereocenters. The van der Waals surface area contributed by atoms with Crippen molar-refractivity contribution in [1.82, 2.24) is 14.8 Å². The van der Waals surface area contributed by atoms with Gasteiger partial charge >= 0.3 is 11.7 Å². The van der Waals surface area contributed by atoms with Crippen molar-refractivity contribution < 1.29 is 24.5 Å². The van der Waals surface area contributed by atoms with E-state index in [-0.39, 0.29) is 6.61 Å². The maximum Gasteiger partial charge on any atom is 0.347 e. The minimum atomic E-state index is -1.49. The maximum atomic E-state index is 11.9. The van der Waals surface area contributed by atoms with E-state index in [1.165, 1.54) is 0 Å². The van der Waals surface area contributed by atoms with Crippen LogP contribution in [0.15, 0.2) is 46.1 Å². The van der Waals surface area contributed by atoms with E-state index in [1.807, 2.05) is 4.98 Å². The fraction of sp³-hybridized carbons (Fsp3) is 0.333. The summed E-state index contributed by atoms with van der Waals surface area (Å²) in [6.07, 6.45) is -4.44. The van der Waals surface area contributed by atoms with Gasteiger partial charge in [-0.3, -0.25) is 9.78 Å². The molecule has 3 rings (SSSR count). The van der Waals surface area contributed by atoms with Crippen molar-refractivity contribution >= 4 is 5.97 Å². The van der Waals surface area contributed by atoms with Gasteiger partial charge in [0.15, 0.2) is 6.23 Å². The fourth-order valence-corrected chi connectivity index (χ4v) is 2.43. The summed E-state index contributed by atoms with van der Waals surface area (Å²) >= 11 is 0. The van der Waals surface area contributed by atoms with Gasteiger partial charge in [-0.25, -0.2) is 9.59 Å². The number of aromatic nitrogens is 3. The predicted octanol–water partition coefficient (Wildman–Crippen LogP) is -1.59. The molecule has 1 aliphatic heterocycles. The molecule has 1 aromatic heterocycles. The van der Waals surface area contributed by atoms with Crippen LogP contribution >= 0.6 is 0 Å². The van der Waals surface area contributed by atoms with Crippen LogP contribution in [0.1, 0.15) is 16.6 Å². The van der Waals surface area contributed by atoms with Crippen molar-refractivity contribution in [2.24, 2.45) is 0 Å². The molecule has 0 aliphatic carbocycles. The van der Waals surface area contributed by atoms with Crippen molar-refractivity contribution in [3.05, 3.63) is 62.9 Å². The molecule has 0 radical (unpaired) electrons. The zero-order valence-electron chi connectivity index (χ0n) is 12.8. The van der Waals surface area contributed by atoms with Crippen LogP contribution in [0.3, 0.4) is 0 Å². The Bertz CT molecular complexity index is 863. The highest BCUT2D eigenvalue weighted by atomic mass is 16.6. The Hall–Kier alpha value is -2.82. The number of esters is 1. The monoisotopic (exact) mass is 349 g/mol. The number of carbonyl (C=O) groups is 1. The normalized spacial score (nSPS) is 25.7. The summed E-state index contributed by atoms with van der Waals surface area (Å²) in [7, 11) is 0. The van der Waals surface area contributed by atoms with Crippen molar-refractivity contribution in [3.8, 4) is 0 Å². The van der Waals surface area contributed by atoms with Crippen molar-refractivity contribution in [3.63, 3.8) is 0 Å². The molecule has 0 saturated carbocycles. The Morgan fingerprint density at radius 2 is 1.96 bits per heavy atom. The summed E-state index contributed by atoms with van der Waals surface area (Å²) in [5, 5.41) is 23.7. The molecule has 0 bridgehead atoms. The second-order valence-corrected chi connectivity index (χ2v) is 5.39. The number of hydrogen-bond donors (Lipinski definition) is 3. The SMILES string of the molecule is O=C(OC[C@H]1O[C@@H](n2ncc(=O)[nH]c2=O)C(O)C1O)c1ccccc1. The van der Waals surface area contributed by atoms with E-state index in [1.54, 1.807) is 30.3 Å². The van der Waals surface area contributed by atoms with Crippen molar-refractivity contribution in [2.45, 2.75) is 24.5 Å². The number of aliphatic hydroxyl groups is 2. The number of hydrogen-bond acceptors (Lipinski definition) is 8. The summed E-state index contributed by atoms with van der Waals surface area (Å²) in [6.45, 7) is -0.333. The second kappa shape index (κ2) is 6.97. The van der Waals surface area contributed by atoms with Crippen LogP contribution in [0.5, 0.6) is 0 Å². The molecule has 3 N–H and O–H groups in total. The molecule has 1 aromatic carbocycles. The molecule has 2 unspecified atom stereocenters. The first kappa shape index (κ1) is 17.0. The lowest BCUT2D eigenvalue weighted by molar-refractivity contribution is -0.0658. The average molecular weight is 349 g/mol. The van der Waals surface area contributed by atoms with E-state index >= 15 is 0 Å². The Balaban J connectivity index is 1.69. The highest BCUT2D eigenvalue weighted by molar-refractivity contribution is 5.89. The number of rotatable bonds is 4. The standard InChI is InChI=1S/C15H15N3O7/c19-10-6-16-18(15(23)17-10)13-12(21)11(20)9(25-13)7-24-14(22)8-4-2-1-3-5-8/h1-6,9,11-13,20-21H,7H2,(H,17,19,23)/t9-,11?,12?,13-/m1/s1. The quantitative estimate of drug-likeness (QED) is 0.560. The Morgan fingerprint density at radius 1 is 1.24 bits per heavy atom. The molecule has 2 aromatic rings. The Labute approximate surface area is 140 Å². The first-order chi connectivity index (χ1) is 12.0. The van der Waals surface area contributed by atoms with E-state index in [0.717, 1.165) is 6.20 Å². The van der Waals surface area contributed by atoms with Crippen LogP contribution in [0.2, 0.25) is 0 Å². The minimum Gasteiger partial charge on any atom is -0.459 e. The average Bonchev–Trinajstić information content (AvgIpc) is 2.89. The maximum absolute atomic E-state index is 11.9. The van der Waals surface area contributed by atoms with E-state index in [0.29, 0.717) is 10.2 Å². The molecule has 1 saturated heterocycles. The number of aliphatic hydroxyl groups excluding tert-OH is 2. The van der Waals surface area contributed by atoms with Crippen LogP contribution in [-0.4, -0.2) is 55.9 Å². The topological polar surface area (TPSA) is 144 Å². The smallest absolute Gasteiger partial charge is 0.347 e. The zero-order chi connectivity index (χ0) is 18.0. The summed E-state index contributed by atoms with van der Waals surface area (Å²) < 4.78 is 11.1. The number of carbonyl (C=O) groups excluding carboxylic acids is 1. The number of H-pyrrole nitrogens is 1. The highest BCUT2D eigenvalue weighted by Crippen LogP contribution is 2.28. The number of ether oxygens (including phenoxy) is 2. The van der Waals surface area contributed by atoms with Gasteiger partial charge in [0.2, 0.25) is 0 Å². The van der Waals surface area contributed by atoms with E-state index in [9.17, 15) is 24.6 Å². The Morgan fingerprint density at radius 3 is 2.64 bits per heavy atom. The molecule has 1 fully saturated rings. The molecule has 10 heteroatoms. The largest absolute Gasteiger partial charge is 0.459 e. The van der Waals surface area contributed by atoms with Gasteiger partial charge in [0.05, 0.1) is 5.56 Å². The van der Waals surface area contributed by atoms with Crippen molar-refractivity contribution in [2.75, 3.05) is 6.61 Å². The molecule has 2 heterocycles. The molecule has 0 spiro atoms. The number of nitrogens with one attached hydrogen (secondary N) is 1. The van der Waals surface area contributed by atoms with Gasteiger partial charge in [0.25, 0.3) is 5.56 Å². The van der Waals surface area contributed by atoms with Crippen LogP contribution in [0.4, 0.5) is 0 Å². The van der Waals surface area contributed by atoms with Gasteiger partial charge < -0.3 is 19.7 Å². The summed E-state index contributed by atoms with van der Waals surface area (Å²) in [5.41, 5.74) is -1.28. The van der Waals surface area contributed by atoms with Gasteiger partial charge in [-0.05, 0) is 12.1 Å². The van der Waals surface area contributed by atoms with E-state index < -0.39 is 41.8 Å². The lowest BCUT2D eigenvalue weighted by atomic mass is 10.1. The number of nitrogens with zero attached hydrogens (tertiary/aromatic N) is 2. The first-order valence-electron chi connectivity index (χ1n) is 7.39. The number of aromatic amines is 1. The van der Waals surface area contributed by atoms with Gasteiger partial charge in [-0.15, -0.1) is 0 Å². The third-order valence-electron chi connectivity index (χ3n) is 3.70. The third kappa shape index (κ3) is 3.50. The molecule has 132 valence electrons. The molecular formula is C15H15N3O7. The summed E-state index contributed by atoms with van der Waals surface area (Å²) in [5.74, 6) is -0.617. The van der Waals surface area contributed by atoms with Crippen LogP contribution in [0, 0.1) is 0 Å². The fourth-order valence-electron chi connectivity index (χ4n) is 2.43. The second-order valence-electron chi connectivity index (χ2n) is 5.39. The third-order valence-corrected chi connectivity index (χ3v) is 3.70. The summed E-state index contributed by atoms with van der Waals surface area (Å²) in [4.78, 5) is 36.6. The van der Waals surface area contributed by atoms with E-state index in [2.05, 4.69) is 5.10 Å².